The van der Waals surface area contributed by atoms with Crippen molar-refractivity contribution in [3.63, 3.8) is 0 Å². The predicted octanol–water partition coefficient (Wildman–Crippen LogP) is 0.561. The van der Waals surface area contributed by atoms with Gasteiger partial charge in [0, 0.05) is 25.0 Å². The van der Waals surface area contributed by atoms with Crippen molar-refractivity contribution >= 4 is 16.0 Å². The monoisotopic (exact) mass is 308 g/mol. The van der Waals surface area contributed by atoms with Crippen LogP contribution in [0.1, 0.15) is 24.2 Å². The van der Waals surface area contributed by atoms with Crippen LogP contribution in [0, 0.1) is 6.92 Å². The Labute approximate surface area is 122 Å². The van der Waals surface area contributed by atoms with E-state index in [1.807, 2.05) is 0 Å². The van der Waals surface area contributed by atoms with E-state index in [4.69, 9.17) is 0 Å². The first-order chi connectivity index (χ1) is 10.1. The minimum Gasteiger partial charge on any atom is -0.308 e. The molecule has 1 aliphatic rings. The van der Waals surface area contributed by atoms with Crippen LogP contribution in [0.2, 0.25) is 0 Å². The topological polar surface area (TPSA) is 113 Å². The molecule has 0 unspecified atom stereocenters. The second-order valence-electron chi connectivity index (χ2n) is 4.96. The van der Waals surface area contributed by atoms with Crippen LogP contribution in [0.5, 0.6) is 0 Å². The molecule has 2 aromatic heterocycles. The third-order valence-corrected chi connectivity index (χ3v) is 4.69. The van der Waals surface area contributed by atoms with Crippen LogP contribution in [0.25, 0.3) is 0 Å². The van der Waals surface area contributed by atoms with Crippen molar-refractivity contribution in [2.75, 3.05) is 4.72 Å². The third-order valence-electron chi connectivity index (χ3n) is 3.16. The van der Waals surface area contributed by atoms with Gasteiger partial charge in [0.15, 0.2) is 0 Å². The molecule has 3 N–H and O–H groups in total. The number of anilines is 1. The lowest BCUT2D eigenvalue weighted by Gasteiger charge is -2.08. The van der Waals surface area contributed by atoms with Crippen molar-refractivity contribution in [1.82, 2.24) is 25.5 Å². The Hall–Kier alpha value is -2.00. The fourth-order valence-electron chi connectivity index (χ4n) is 2.00. The van der Waals surface area contributed by atoms with E-state index in [2.05, 4.69) is 30.2 Å². The van der Waals surface area contributed by atoms with Gasteiger partial charge in [0.25, 0.3) is 10.0 Å². The zero-order valence-electron chi connectivity index (χ0n) is 11.5. The lowest BCUT2D eigenvalue weighted by atomic mass is 10.3. The van der Waals surface area contributed by atoms with Crippen LogP contribution in [0.4, 0.5) is 5.95 Å². The van der Waals surface area contributed by atoms with E-state index >= 15 is 0 Å². The molecule has 9 heteroatoms. The minimum atomic E-state index is -3.77. The number of hydrogen-bond acceptors (Lipinski definition) is 6. The summed E-state index contributed by atoms with van der Waals surface area (Å²) in [4.78, 5) is 7.90. The third kappa shape index (κ3) is 3.19. The number of nitrogens with one attached hydrogen (secondary N) is 3. The van der Waals surface area contributed by atoms with Gasteiger partial charge in [-0.1, -0.05) is 0 Å². The fourth-order valence-corrected chi connectivity index (χ4v) is 3.32. The lowest BCUT2D eigenvalue weighted by Crippen LogP contribution is -2.21. The van der Waals surface area contributed by atoms with Crippen LogP contribution in [-0.4, -0.2) is 34.6 Å². The predicted molar refractivity (Wildman–Crippen MR) is 76.0 cm³/mol. The Kier molecular flexibility index (Phi) is 3.60. The molecule has 0 amide bonds. The van der Waals surface area contributed by atoms with E-state index in [9.17, 15) is 8.42 Å². The van der Waals surface area contributed by atoms with Gasteiger partial charge < -0.3 is 5.32 Å². The van der Waals surface area contributed by atoms with E-state index in [-0.39, 0.29) is 10.8 Å². The highest BCUT2D eigenvalue weighted by Crippen LogP contribution is 2.23. The Bertz CT molecular complexity index is 723. The summed E-state index contributed by atoms with van der Waals surface area (Å²) in [6, 6.07) is 2.09. The molecule has 1 aliphatic carbocycles. The average Bonchev–Trinajstić information content (AvgIpc) is 3.19. The maximum absolute atomic E-state index is 12.5. The van der Waals surface area contributed by atoms with E-state index in [1.54, 1.807) is 13.0 Å². The zero-order chi connectivity index (χ0) is 14.9. The standard InChI is InChI=1S/C12H16N6O2S/c1-8-11(10(17-16-8)7-15-9-3-4-9)21(19,20)18-12-13-5-2-6-14-12/h2,5-6,9,15H,3-4,7H2,1H3,(H,16,17)(H,13,14,18). The number of sulfonamides is 1. The molecule has 8 nitrogen and oxygen atoms in total. The van der Waals surface area contributed by atoms with Crippen LogP contribution in [0.3, 0.4) is 0 Å². The first kappa shape index (κ1) is 14.0. The number of aryl methyl sites for hydroxylation is 1. The van der Waals surface area contributed by atoms with Gasteiger partial charge in [-0.25, -0.2) is 23.1 Å². The van der Waals surface area contributed by atoms with Crippen LogP contribution >= 0.6 is 0 Å². The quantitative estimate of drug-likeness (QED) is 0.719. The normalized spacial score (nSPS) is 15.1. The molecule has 2 heterocycles. The molecular weight excluding hydrogens is 292 g/mol. The molecule has 112 valence electrons. The highest BCUT2D eigenvalue weighted by molar-refractivity contribution is 7.92. The van der Waals surface area contributed by atoms with Gasteiger partial charge in [-0.2, -0.15) is 5.10 Å². The van der Waals surface area contributed by atoms with E-state index in [1.165, 1.54) is 12.4 Å². The van der Waals surface area contributed by atoms with Gasteiger partial charge in [-0.15, -0.1) is 0 Å². The van der Waals surface area contributed by atoms with Crippen LogP contribution < -0.4 is 10.0 Å². The molecule has 0 spiro atoms. The fraction of sp³-hybridized carbons (Fsp3) is 0.417. The highest BCUT2D eigenvalue weighted by Gasteiger charge is 2.27. The summed E-state index contributed by atoms with van der Waals surface area (Å²) in [7, 11) is -3.77. The summed E-state index contributed by atoms with van der Waals surface area (Å²) < 4.78 is 27.3. The molecular formula is C12H16N6O2S. The molecule has 1 saturated carbocycles. The smallest absolute Gasteiger partial charge is 0.267 e. The van der Waals surface area contributed by atoms with Crippen LogP contribution in [-0.2, 0) is 16.6 Å². The number of rotatable bonds is 6. The summed E-state index contributed by atoms with van der Waals surface area (Å²) in [6.45, 7) is 2.09. The Balaban J connectivity index is 1.85. The largest absolute Gasteiger partial charge is 0.308 e. The first-order valence-corrected chi connectivity index (χ1v) is 8.11. The highest BCUT2D eigenvalue weighted by atomic mass is 32.2. The Morgan fingerprint density at radius 2 is 2.05 bits per heavy atom. The molecule has 3 rings (SSSR count). The average molecular weight is 308 g/mol. The summed E-state index contributed by atoms with van der Waals surface area (Å²) in [6.07, 6.45) is 5.20. The van der Waals surface area contributed by atoms with Crippen molar-refractivity contribution in [2.24, 2.45) is 0 Å². The number of aromatic nitrogens is 4. The molecule has 0 saturated heterocycles. The maximum Gasteiger partial charge on any atom is 0.267 e. The van der Waals surface area contributed by atoms with Gasteiger partial charge in [-0.05, 0) is 25.8 Å². The molecule has 1 fully saturated rings. The second kappa shape index (κ2) is 5.41. The molecule has 0 aromatic carbocycles. The van der Waals surface area contributed by atoms with Crippen molar-refractivity contribution in [2.45, 2.75) is 37.2 Å². The summed E-state index contributed by atoms with van der Waals surface area (Å²) >= 11 is 0. The molecule has 21 heavy (non-hydrogen) atoms. The summed E-state index contributed by atoms with van der Waals surface area (Å²) in [5, 5.41) is 10.1. The van der Waals surface area contributed by atoms with E-state index in [0.717, 1.165) is 12.8 Å². The van der Waals surface area contributed by atoms with Gasteiger partial charge >= 0.3 is 0 Å². The van der Waals surface area contributed by atoms with Gasteiger partial charge in [0.1, 0.15) is 4.90 Å². The molecule has 0 radical (unpaired) electrons. The van der Waals surface area contributed by atoms with Gasteiger partial charge in [0.05, 0.1) is 11.4 Å². The maximum atomic E-state index is 12.5. The number of aromatic amines is 1. The summed E-state index contributed by atoms with van der Waals surface area (Å²) in [5.74, 6) is 0.0409. The Morgan fingerprint density at radius 1 is 1.33 bits per heavy atom. The molecule has 0 aliphatic heterocycles. The Morgan fingerprint density at radius 3 is 2.71 bits per heavy atom. The van der Waals surface area contributed by atoms with Crippen molar-refractivity contribution < 1.29 is 8.42 Å². The molecule has 2 aromatic rings. The number of hydrogen-bond donors (Lipinski definition) is 3. The number of nitrogens with zero attached hydrogens (tertiary/aromatic N) is 3. The van der Waals surface area contributed by atoms with Gasteiger partial charge in [-0.3, -0.25) is 5.10 Å². The van der Waals surface area contributed by atoms with Gasteiger partial charge in [0.2, 0.25) is 5.95 Å². The lowest BCUT2D eigenvalue weighted by molar-refractivity contribution is 0.596. The summed E-state index contributed by atoms with van der Waals surface area (Å²) in [5.41, 5.74) is 0.967. The SMILES string of the molecule is Cc1[nH]nc(CNC2CC2)c1S(=O)(=O)Nc1ncccn1. The van der Waals surface area contributed by atoms with E-state index in [0.29, 0.717) is 24.0 Å². The van der Waals surface area contributed by atoms with Crippen molar-refractivity contribution in [1.29, 1.82) is 0 Å². The second-order valence-corrected chi connectivity index (χ2v) is 6.58. The van der Waals surface area contributed by atoms with Crippen molar-refractivity contribution in [3.8, 4) is 0 Å². The zero-order valence-corrected chi connectivity index (χ0v) is 12.3. The molecule has 0 atom stereocenters. The number of H-pyrrole nitrogens is 1. The van der Waals surface area contributed by atoms with Crippen molar-refractivity contribution in [3.05, 3.63) is 29.8 Å². The minimum absolute atomic E-state index is 0.0409. The van der Waals surface area contributed by atoms with E-state index < -0.39 is 10.0 Å². The first-order valence-electron chi connectivity index (χ1n) is 6.63. The van der Waals surface area contributed by atoms with Crippen LogP contribution in [0.15, 0.2) is 23.4 Å². The molecule has 0 bridgehead atoms.